The normalized spacial score (nSPS) is 15.9. The van der Waals surface area contributed by atoms with E-state index in [0.29, 0.717) is 6.42 Å². The first-order valence-electron chi connectivity index (χ1n) is 12.8. The van der Waals surface area contributed by atoms with Crippen molar-refractivity contribution in [1.82, 2.24) is 0 Å². The second-order valence-electron chi connectivity index (χ2n) is 9.30. The van der Waals surface area contributed by atoms with Gasteiger partial charge < -0.3 is 21.1 Å². The SMILES string of the molecule is CCC(C)CCCCCCCCCCCCCCCCCC(O)C(O)C(N)CO. The van der Waals surface area contributed by atoms with Gasteiger partial charge in [-0.2, -0.15) is 0 Å². The molecule has 0 saturated carbocycles. The number of nitrogens with two attached hydrogens (primary N) is 1. The van der Waals surface area contributed by atoms with Crippen molar-refractivity contribution in [3.63, 3.8) is 0 Å². The maximum atomic E-state index is 9.82. The molecule has 0 aliphatic heterocycles. The average molecular weight is 416 g/mol. The molecule has 4 unspecified atom stereocenters. The van der Waals surface area contributed by atoms with Crippen LogP contribution < -0.4 is 5.73 Å². The van der Waals surface area contributed by atoms with E-state index in [0.717, 1.165) is 18.8 Å². The van der Waals surface area contributed by atoms with E-state index in [4.69, 9.17) is 10.8 Å². The summed E-state index contributed by atoms with van der Waals surface area (Å²) in [5.74, 6) is 0.916. The highest BCUT2D eigenvalue weighted by molar-refractivity contribution is 4.77. The largest absolute Gasteiger partial charge is 0.395 e. The molecule has 0 aromatic heterocycles. The molecule has 0 aromatic carbocycles. The first-order chi connectivity index (χ1) is 14.0. The monoisotopic (exact) mass is 415 g/mol. The molecule has 0 rings (SSSR count). The van der Waals surface area contributed by atoms with E-state index in [2.05, 4.69) is 13.8 Å². The number of hydrogen-bond acceptors (Lipinski definition) is 4. The van der Waals surface area contributed by atoms with E-state index >= 15 is 0 Å². The van der Waals surface area contributed by atoms with Crippen LogP contribution in [0.3, 0.4) is 0 Å². The van der Waals surface area contributed by atoms with Gasteiger partial charge in [0.25, 0.3) is 0 Å². The van der Waals surface area contributed by atoms with Crippen LogP contribution in [0.15, 0.2) is 0 Å². The van der Waals surface area contributed by atoms with Crippen LogP contribution in [0, 0.1) is 5.92 Å². The smallest absolute Gasteiger partial charge is 0.0971 e. The quantitative estimate of drug-likeness (QED) is 0.171. The molecule has 176 valence electrons. The van der Waals surface area contributed by atoms with Crippen LogP contribution in [0.4, 0.5) is 0 Å². The van der Waals surface area contributed by atoms with Crippen molar-refractivity contribution in [2.75, 3.05) is 6.61 Å². The summed E-state index contributed by atoms with van der Waals surface area (Å²) in [6.45, 7) is 4.37. The van der Waals surface area contributed by atoms with Crippen molar-refractivity contribution in [3.8, 4) is 0 Å². The van der Waals surface area contributed by atoms with E-state index in [1.807, 2.05) is 0 Å². The van der Waals surface area contributed by atoms with Gasteiger partial charge in [0.2, 0.25) is 0 Å². The number of rotatable bonds is 22. The van der Waals surface area contributed by atoms with E-state index in [1.54, 1.807) is 0 Å². The zero-order chi connectivity index (χ0) is 21.7. The van der Waals surface area contributed by atoms with Crippen molar-refractivity contribution in [2.45, 2.75) is 148 Å². The fourth-order valence-corrected chi connectivity index (χ4v) is 3.91. The molecular weight excluding hydrogens is 362 g/mol. The number of aliphatic hydroxyl groups is 3. The summed E-state index contributed by atoms with van der Waals surface area (Å²) in [5.41, 5.74) is 5.53. The minimum Gasteiger partial charge on any atom is -0.395 e. The molecule has 0 radical (unpaired) electrons. The minimum atomic E-state index is -1.02. The topological polar surface area (TPSA) is 86.7 Å². The lowest BCUT2D eigenvalue weighted by Crippen LogP contribution is -2.45. The lowest BCUT2D eigenvalue weighted by atomic mass is 9.99. The Balaban J connectivity index is 3.21. The molecule has 0 aliphatic carbocycles. The maximum Gasteiger partial charge on any atom is 0.0971 e. The summed E-state index contributed by atoms with van der Waals surface area (Å²) in [6.07, 6.45) is 21.3. The van der Waals surface area contributed by atoms with Gasteiger partial charge in [-0.05, 0) is 12.3 Å². The Hall–Kier alpha value is -0.160. The fourth-order valence-electron chi connectivity index (χ4n) is 3.91. The zero-order valence-electron chi connectivity index (χ0n) is 19.7. The Bertz CT molecular complexity index is 327. The molecule has 0 fully saturated rings. The van der Waals surface area contributed by atoms with Gasteiger partial charge in [0.1, 0.15) is 0 Å². The zero-order valence-corrected chi connectivity index (χ0v) is 19.7. The van der Waals surface area contributed by atoms with Gasteiger partial charge >= 0.3 is 0 Å². The first kappa shape index (κ1) is 28.8. The van der Waals surface area contributed by atoms with Crippen LogP contribution in [0.1, 0.15) is 129 Å². The summed E-state index contributed by atoms with van der Waals surface area (Å²) < 4.78 is 0. The Morgan fingerprint density at radius 1 is 0.621 bits per heavy atom. The molecule has 0 aliphatic rings. The number of hydrogen-bond donors (Lipinski definition) is 4. The van der Waals surface area contributed by atoms with Crippen LogP contribution in [0.5, 0.6) is 0 Å². The van der Waals surface area contributed by atoms with Gasteiger partial charge in [-0.3, -0.25) is 0 Å². The highest BCUT2D eigenvalue weighted by Gasteiger charge is 2.22. The summed E-state index contributed by atoms with van der Waals surface area (Å²) in [5, 5.41) is 28.4. The van der Waals surface area contributed by atoms with Crippen LogP contribution in [0.25, 0.3) is 0 Å². The molecule has 0 spiro atoms. The van der Waals surface area contributed by atoms with Crippen LogP contribution in [-0.2, 0) is 0 Å². The molecule has 5 N–H and O–H groups in total. The van der Waals surface area contributed by atoms with Crippen molar-refractivity contribution in [3.05, 3.63) is 0 Å². The van der Waals surface area contributed by atoms with Gasteiger partial charge in [-0.25, -0.2) is 0 Å². The van der Waals surface area contributed by atoms with Crippen LogP contribution >= 0.6 is 0 Å². The predicted octanol–water partition coefficient (Wildman–Crippen LogP) is 5.71. The highest BCUT2D eigenvalue weighted by atomic mass is 16.3. The van der Waals surface area contributed by atoms with Crippen molar-refractivity contribution in [2.24, 2.45) is 11.7 Å². The number of unbranched alkanes of at least 4 members (excludes halogenated alkanes) is 14. The van der Waals surface area contributed by atoms with Crippen molar-refractivity contribution < 1.29 is 15.3 Å². The molecular formula is C25H53NO3. The third-order valence-electron chi connectivity index (χ3n) is 6.44. The van der Waals surface area contributed by atoms with Gasteiger partial charge in [0, 0.05) is 0 Å². The lowest BCUT2D eigenvalue weighted by Gasteiger charge is -2.22. The molecule has 0 saturated heterocycles. The molecule has 4 nitrogen and oxygen atoms in total. The summed E-state index contributed by atoms with van der Waals surface area (Å²) in [4.78, 5) is 0. The van der Waals surface area contributed by atoms with Gasteiger partial charge in [-0.15, -0.1) is 0 Å². The third-order valence-corrected chi connectivity index (χ3v) is 6.44. The van der Waals surface area contributed by atoms with Crippen molar-refractivity contribution >= 4 is 0 Å². The molecule has 0 bridgehead atoms. The third kappa shape index (κ3) is 18.3. The Labute approximate surface area is 181 Å². The molecule has 0 amide bonds. The van der Waals surface area contributed by atoms with Crippen molar-refractivity contribution in [1.29, 1.82) is 0 Å². The van der Waals surface area contributed by atoms with E-state index < -0.39 is 18.2 Å². The fraction of sp³-hybridized carbons (Fsp3) is 1.00. The summed E-state index contributed by atoms with van der Waals surface area (Å²) in [6, 6.07) is -0.746. The maximum absolute atomic E-state index is 9.82. The van der Waals surface area contributed by atoms with E-state index in [-0.39, 0.29) is 6.61 Å². The predicted molar refractivity (Wildman–Crippen MR) is 125 cm³/mol. The Morgan fingerprint density at radius 2 is 0.966 bits per heavy atom. The van der Waals surface area contributed by atoms with E-state index in [9.17, 15) is 10.2 Å². The molecule has 29 heavy (non-hydrogen) atoms. The van der Waals surface area contributed by atoms with Crippen LogP contribution in [0.2, 0.25) is 0 Å². The Kier molecular flexibility index (Phi) is 21.0. The second-order valence-corrected chi connectivity index (χ2v) is 9.30. The van der Waals surface area contributed by atoms with Gasteiger partial charge in [0.15, 0.2) is 0 Å². The standard InChI is InChI=1S/C25H53NO3/c1-3-22(2)19-17-15-13-11-9-7-5-4-6-8-10-12-14-16-18-20-24(28)25(29)23(26)21-27/h22-25,27-29H,3-21,26H2,1-2H3. The highest BCUT2D eigenvalue weighted by Crippen LogP contribution is 2.16. The first-order valence-corrected chi connectivity index (χ1v) is 12.8. The Morgan fingerprint density at radius 3 is 1.31 bits per heavy atom. The second kappa shape index (κ2) is 21.1. The lowest BCUT2D eigenvalue weighted by molar-refractivity contribution is -0.0121. The minimum absolute atomic E-state index is 0.295. The molecule has 4 atom stereocenters. The molecule has 4 heteroatoms. The number of aliphatic hydroxyl groups excluding tert-OH is 3. The van der Waals surface area contributed by atoms with Gasteiger partial charge in [0.05, 0.1) is 24.9 Å². The van der Waals surface area contributed by atoms with Crippen LogP contribution in [-0.4, -0.2) is 40.2 Å². The summed E-state index contributed by atoms with van der Waals surface area (Å²) >= 11 is 0. The average Bonchev–Trinajstić information content (AvgIpc) is 2.74. The molecule has 0 heterocycles. The summed E-state index contributed by atoms with van der Waals surface area (Å²) in [7, 11) is 0. The van der Waals surface area contributed by atoms with Gasteiger partial charge in [-0.1, -0.05) is 123 Å². The van der Waals surface area contributed by atoms with E-state index in [1.165, 1.54) is 96.3 Å². The molecule has 0 aromatic rings.